The van der Waals surface area contributed by atoms with Gasteiger partial charge in [0.15, 0.2) is 6.10 Å². The Bertz CT molecular complexity index is 1160. The van der Waals surface area contributed by atoms with Gasteiger partial charge in [0.1, 0.15) is 5.82 Å². The highest BCUT2D eigenvalue weighted by molar-refractivity contribution is 7.92. The number of halogens is 1. The summed E-state index contributed by atoms with van der Waals surface area (Å²) >= 11 is 0. The summed E-state index contributed by atoms with van der Waals surface area (Å²) in [6.07, 6.45) is 0.378. The first-order chi connectivity index (χ1) is 15.1. The molecule has 1 aliphatic rings. The van der Waals surface area contributed by atoms with Gasteiger partial charge < -0.3 is 10.1 Å². The maximum atomic E-state index is 13.3. The molecule has 1 aliphatic carbocycles. The van der Waals surface area contributed by atoms with E-state index in [4.69, 9.17) is 4.74 Å². The number of nitrogens with one attached hydrogen (secondary N) is 3. The number of rotatable bonds is 7. The third-order valence-electron chi connectivity index (χ3n) is 4.62. The van der Waals surface area contributed by atoms with E-state index in [2.05, 4.69) is 15.4 Å². The Kier molecular flexibility index (Phi) is 6.78. The molecule has 0 saturated heterocycles. The van der Waals surface area contributed by atoms with Crippen LogP contribution in [0.25, 0.3) is 0 Å². The molecule has 2 aromatic rings. The molecule has 2 aromatic carbocycles. The van der Waals surface area contributed by atoms with Gasteiger partial charge in [-0.15, -0.1) is 0 Å². The van der Waals surface area contributed by atoms with Gasteiger partial charge in [0.05, 0.1) is 16.1 Å². The second-order valence-corrected chi connectivity index (χ2v) is 9.00. The second-order valence-electron chi connectivity index (χ2n) is 7.35. The van der Waals surface area contributed by atoms with Crippen molar-refractivity contribution < 1.29 is 31.9 Å². The highest BCUT2D eigenvalue weighted by Crippen LogP contribution is 2.23. The lowest BCUT2D eigenvalue weighted by Crippen LogP contribution is -2.45. The number of esters is 1. The number of urea groups is 1. The molecule has 0 spiro atoms. The van der Waals surface area contributed by atoms with E-state index in [1.807, 2.05) is 0 Å². The topological polar surface area (TPSA) is 131 Å². The predicted molar refractivity (Wildman–Crippen MR) is 113 cm³/mol. The van der Waals surface area contributed by atoms with Gasteiger partial charge >= 0.3 is 12.0 Å². The summed E-state index contributed by atoms with van der Waals surface area (Å²) < 4.78 is 46.2. The van der Waals surface area contributed by atoms with Crippen LogP contribution in [0.1, 0.15) is 35.7 Å². The van der Waals surface area contributed by atoms with Gasteiger partial charge in [-0.25, -0.2) is 22.4 Å². The van der Waals surface area contributed by atoms with Crippen LogP contribution in [-0.4, -0.2) is 38.5 Å². The second kappa shape index (κ2) is 9.35. The number of amides is 3. The Morgan fingerprint density at radius 2 is 1.81 bits per heavy atom. The molecule has 1 fully saturated rings. The van der Waals surface area contributed by atoms with E-state index in [-0.39, 0.29) is 27.8 Å². The van der Waals surface area contributed by atoms with E-state index < -0.39 is 39.9 Å². The SMILES string of the molecule is Cc1cc(F)ccc1S(=O)(=O)Nc1ccccc1C(=O)OC(C)C(=O)NC(=O)NC1CC1. The van der Waals surface area contributed by atoms with E-state index in [0.29, 0.717) is 0 Å². The van der Waals surface area contributed by atoms with Crippen molar-refractivity contribution in [1.82, 2.24) is 10.6 Å². The molecule has 1 atom stereocenters. The van der Waals surface area contributed by atoms with Crippen LogP contribution >= 0.6 is 0 Å². The van der Waals surface area contributed by atoms with Gasteiger partial charge in [-0.2, -0.15) is 0 Å². The third-order valence-corrected chi connectivity index (χ3v) is 6.15. The van der Waals surface area contributed by atoms with Crippen LogP contribution in [0, 0.1) is 12.7 Å². The van der Waals surface area contributed by atoms with Crippen LogP contribution in [0.3, 0.4) is 0 Å². The number of benzene rings is 2. The quantitative estimate of drug-likeness (QED) is 0.541. The Morgan fingerprint density at radius 3 is 2.47 bits per heavy atom. The van der Waals surface area contributed by atoms with Gasteiger partial charge in [0, 0.05) is 6.04 Å². The van der Waals surface area contributed by atoms with Gasteiger partial charge in [-0.05, 0) is 62.6 Å². The molecular formula is C21H22FN3O6S. The van der Waals surface area contributed by atoms with E-state index in [1.165, 1.54) is 38.1 Å². The fourth-order valence-corrected chi connectivity index (χ4v) is 4.11. The van der Waals surface area contributed by atoms with Crippen molar-refractivity contribution in [1.29, 1.82) is 0 Å². The first-order valence-electron chi connectivity index (χ1n) is 9.77. The molecular weight excluding hydrogens is 441 g/mol. The highest BCUT2D eigenvalue weighted by atomic mass is 32.2. The number of imide groups is 1. The number of carbonyl (C=O) groups excluding carboxylic acids is 3. The number of hydrogen-bond acceptors (Lipinski definition) is 6. The number of para-hydroxylation sites is 1. The first kappa shape index (κ1) is 23.2. The number of hydrogen-bond donors (Lipinski definition) is 3. The number of ether oxygens (including phenoxy) is 1. The highest BCUT2D eigenvalue weighted by Gasteiger charge is 2.27. The van der Waals surface area contributed by atoms with E-state index >= 15 is 0 Å². The lowest BCUT2D eigenvalue weighted by molar-refractivity contribution is -0.127. The number of carbonyl (C=O) groups is 3. The molecule has 1 saturated carbocycles. The van der Waals surface area contributed by atoms with Gasteiger partial charge in [-0.3, -0.25) is 14.8 Å². The van der Waals surface area contributed by atoms with E-state index in [1.54, 1.807) is 0 Å². The first-order valence-corrected chi connectivity index (χ1v) is 11.3. The van der Waals surface area contributed by atoms with Crippen molar-refractivity contribution in [3.8, 4) is 0 Å². The van der Waals surface area contributed by atoms with Crippen molar-refractivity contribution in [2.24, 2.45) is 0 Å². The summed E-state index contributed by atoms with van der Waals surface area (Å²) in [5, 5.41) is 4.66. The largest absolute Gasteiger partial charge is 0.449 e. The van der Waals surface area contributed by atoms with E-state index in [9.17, 15) is 27.2 Å². The molecule has 32 heavy (non-hydrogen) atoms. The Morgan fingerprint density at radius 1 is 1.12 bits per heavy atom. The third kappa shape index (κ3) is 5.82. The monoisotopic (exact) mass is 463 g/mol. The molecule has 0 bridgehead atoms. The van der Waals surface area contributed by atoms with Crippen LogP contribution in [-0.2, 0) is 19.6 Å². The van der Waals surface area contributed by atoms with Gasteiger partial charge in [0.25, 0.3) is 15.9 Å². The van der Waals surface area contributed by atoms with Gasteiger partial charge in [0.2, 0.25) is 0 Å². The smallest absolute Gasteiger partial charge is 0.341 e. The molecule has 3 rings (SSSR count). The summed E-state index contributed by atoms with van der Waals surface area (Å²) in [5.74, 6) is -2.37. The standard InChI is InChI=1S/C21H22FN3O6S/c1-12-11-14(22)7-10-18(12)32(29,30)25-17-6-4-3-5-16(17)20(27)31-13(2)19(26)24-21(28)23-15-8-9-15/h3-7,10-11,13,15,25H,8-9H2,1-2H3,(H2,23,24,26,28). The molecule has 3 N–H and O–H groups in total. The van der Waals surface area contributed by atoms with Crippen LogP contribution in [0.15, 0.2) is 47.4 Å². The molecule has 0 heterocycles. The molecule has 3 amide bonds. The Balaban J connectivity index is 1.71. The minimum absolute atomic E-state index is 0.0466. The number of aryl methyl sites for hydroxylation is 1. The molecule has 1 unspecified atom stereocenters. The summed E-state index contributed by atoms with van der Waals surface area (Å²) in [4.78, 5) is 36.2. The van der Waals surface area contributed by atoms with Crippen molar-refractivity contribution in [3.05, 3.63) is 59.4 Å². The fraction of sp³-hybridized carbons (Fsp3) is 0.286. The normalized spacial score (nSPS) is 14.2. The maximum Gasteiger partial charge on any atom is 0.341 e. The number of sulfonamides is 1. The average Bonchev–Trinajstić information content (AvgIpc) is 3.51. The zero-order valence-corrected chi connectivity index (χ0v) is 18.2. The molecule has 0 aliphatic heterocycles. The fourth-order valence-electron chi connectivity index (χ4n) is 2.80. The lowest BCUT2D eigenvalue weighted by atomic mass is 10.2. The van der Waals surface area contributed by atoms with Crippen molar-refractivity contribution in [2.45, 2.75) is 43.7 Å². The van der Waals surface area contributed by atoms with Crippen LogP contribution in [0.2, 0.25) is 0 Å². The van der Waals surface area contributed by atoms with Crippen molar-refractivity contribution in [2.75, 3.05) is 4.72 Å². The molecule has 0 aromatic heterocycles. The minimum atomic E-state index is -4.14. The molecule has 170 valence electrons. The van der Waals surface area contributed by atoms with E-state index in [0.717, 1.165) is 31.0 Å². The van der Waals surface area contributed by atoms with Crippen LogP contribution < -0.4 is 15.4 Å². The molecule has 11 heteroatoms. The summed E-state index contributed by atoms with van der Waals surface area (Å²) in [5.41, 5.74) is -0.0365. The van der Waals surface area contributed by atoms with Crippen LogP contribution in [0.5, 0.6) is 0 Å². The van der Waals surface area contributed by atoms with Crippen molar-refractivity contribution in [3.63, 3.8) is 0 Å². The minimum Gasteiger partial charge on any atom is -0.449 e. The zero-order valence-electron chi connectivity index (χ0n) is 17.3. The molecule has 9 nitrogen and oxygen atoms in total. The van der Waals surface area contributed by atoms with Crippen LogP contribution in [0.4, 0.5) is 14.9 Å². The zero-order chi connectivity index (χ0) is 23.5. The Hall–Kier alpha value is -3.47. The number of anilines is 1. The summed E-state index contributed by atoms with van der Waals surface area (Å²) in [6, 6.07) is 8.25. The summed E-state index contributed by atoms with van der Waals surface area (Å²) in [6.45, 7) is 2.73. The predicted octanol–water partition coefficient (Wildman–Crippen LogP) is 2.47. The Labute approximate surface area is 184 Å². The average molecular weight is 463 g/mol. The molecule has 0 radical (unpaired) electrons. The van der Waals surface area contributed by atoms with Crippen molar-refractivity contribution >= 4 is 33.6 Å². The summed E-state index contributed by atoms with van der Waals surface area (Å²) in [7, 11) is -4.14. The van der Waals surface area contributed by atoms with Gasteiger partial charge in [-0.1, -0.05) is 12.1 Å². The lowest BCUT2D eigenvalue weighted by Gasteiger charge is -2.16. The maximum absolute atomic E-state index is 13.3.